The minimum Gasteiger partial charge on any atom is -0.399 e. The van der Waals surface area contributed by atoms with Gasteiger partial charge in [-0.05, 0) is 31.2 Å². The second kappa shape index (κ2) is 5.28. The van der Waals surface area contributed by atoms with Crippen molar-refractivity contribution in [2.24, 2.45) is 0 Å². The number of nitrogens with two attached hydrogens (primary N) is 1. The van der Waals surface area contributed by atoms with Crippen LogP contribution in [0.5, 0.6) is 0 Å². The van der Waals surface area contributed by atoms with Crippen LogP contribution in [0.4, 0.5) is 11.6 Å². The van der Waals surface area contributed by atoms with E-state index in [1.54, 1.807) is 24.4 Å². The molecule has 0 amide bonds. The Morgan fingerprint density at radius 2 is 2.33 bits per heavy atom. The van der Waals surface area contributed by atoms with Gasteiger partial charge in [0.25, 0.3) is 5.56 Å². The van der Waals surface area contributed by atoms with Crippen molar-refractivity contribution >= 4 is 22.5 Å². The van der Waals surface area contributed by atoms with Crippen molar-refractivity contribution in [2.75, 3.05) is 11.1 Å². The highest BCUT2D eigenvalue weighted by molar-refractivity contribution is 5.81. The molecule has 21 heavy (non-hydrogen) atoms. The fraction of sp³-hybridized carbons (Fsp3) is 0.214. The number of aromatic amines is 1. The third-order valence-corrected chi connectivity index (χ3v) is 3.13. The molecule has 0 fully saturated rings. The van der Waals surface area contributed by atoms with Gasteiger partial charge >= 0.3 is 0 Å². The van der Waals surface area contributed by atoms with Crippen molar-refractivity contribution in [3.63, 3.8) is 0 Å². The normalized spacial score (nSPS) is 12.4. The van der Waals surface area contributed by atoms with E-state index in [0.717, 1.165) is 0 Å². The van der Waals surface area contributed by atoms with Gasteiger partial charge in [0.1, 0.15) is 0 Å². The van der Waals surface area contributed by atoms with E-state index in [9.17, 15) is 4.79 Å². The van der Waals surface area contributed by atoms with Crippen molar-refractivity contribution in [3.8, 4) is 0 Å². The molecule has 0 bridgehead atoms. The van der Waals surface area contributed by atoms with Crippen LogP contribution in [0.25, 0.3) is 10.9 Å². The number of hydrogen-bond acceptors (Lipinski definition) is 5. The van der Waals surface area contributed by atoms with Gasteiger partial charge in [-0.15, -0.1) is 0 Å². The van der Waals surface area contributed by atoms with Crippen LogP contribution in [0.1, 0.15) is 6.92 Å². The van der Waals surface area contributed by atoms with Crippen molar-refractivity contribution < 1.29 is 0 Å². The summed E-state index contributed by atoms with van der Waals surface area (Å²) >= 11 is 0. The summed E-state index contributed by atoms with van der Waals surface area (Å²) in [5, 5.41) is 7.80. The van der Waals surface area contributed by atoms with Crippen molar-refractivity contribution in [1.29, 1.82) is 0 Å². The molecule has 7 nitrogen and oxygen atoms in total. The van der Waals surface area contributed by atoms with Gasteiger partial charge in [0.05, 0.1) is 17.4 Å². The first-order valence-electron chi connectivity index (χ1n) is 6.65. The molecule has 0 aliphatic heterocycles. The molecular formula is C14H16N6O. The van der Waals surface area contributed by atoms with Gasteiger partial charge in [0, 0.05) is 24.1 Å². The maximum absolute atomic E-state index is 12.0. The zero-order valence-corrected chi connectivity index (χ0v) is 11.6. The van der Waals surface area contributed by atoms with E-state index in [2.05, 4.69) is 20.4 Å². The molecule has 1 unspecified atom stereocenters. The molecule has 1 atom stereocenters. The number of anilines is 2. The fourth-order valence-electron chi connectivity index (χ4n) is 2.19. The molecule has 7 heteroatoms. The minimum absolute atomic E-state index is 0.0688. The van der Waals surface area contributed by atoms with Crippen LogP contribution in [0.2, 0.25) is 0 Å². The third-order valence-electron chi connectivity index (χ3n) is 3.13. The van der Waals surface area contributed by atoms with Crippen molar-refractivity contribution in [2.45, 2.75) is 19.5 Å². The highest BCUT2D eigenvalue weighted by Crippen LogP contribution is 2.13. The van der Waals surface area contributed by atoms with Crippen molar-refractivity contribution in [3.05, 3.63) is 47.0 Å². The second-order valence-electron chi connectivity index (χ2n) is 4.96. The van der Waals surface area contributed by atoms with Crippen LogP contribution < -0.4 is 16.6 Å². The first kappa shape index (κ1) is 13.2. The molecule has 4 N–H and O–H groups in total. The van der Waals surface area contributed by atoms with Crippen molar-refractivity contribution in [1.82, 2.24) is 19.7 Å². The molecule has 1 aromatic carbocycles. The number of nitrogen functional groups attached to an aromatic ring is 1. The molecule has 0 saturated heterocycles. The predicted molar refractivity (Wildman–Crippen MR) is 82.1 cm³/mol. The summed E-state index contributed by atoms with van der Waals surface area (Å²) in [5.74, 6) is 0.442. The van der Waals surface area contributed by atoms with Crippen LogP contribution >= 0.6 is 0 Å². The Kier molecular flexibility index (Phi) is 3.31. The Hall–Kier alpha value is -2.83. The van der Waals surface area contributed by atoms with Crippen LogP contribution in [0.15, 0.2) is 41.5 Å². The monoisotopic (exact) mass is 284 g/mol. The Morgan fingerprint density at radius 3 is 3.10 bits per heavy atom. The molecule has 0 radical (unpaired) electrons. The number of aromatic nitrogens is 4. The third kappa shape index (κ3) is 2.86. The van der Waals surface area contributed by atoms with Gasteiger partial charge in [-0.2, -0.15) is 5.10 Å². The average Bonchev–Trinajstić information content (AvgIpc) is 2.92. The molecule has 0 aliphatic carbocycles. The number of nitrogens with one attached hydrogen (secondary N) is 2. The topological polar surface area (TPSA) is 102 Å². The van der Waals surface area contributed by atoms with Gasteiger partial charge in [-0.25, -0.2) is 4.98 Å². The lowest BCUT2D eigenvalue weighted by molar-refractivity contribution is 0.558. The van der Waals surface area contributed by atoms with E-state index in [1.807, 2.05) is 23.9 Å². The first-order chi connectivity index (χ1) is 10.1. The Morgan fingerprint density at radius 1 is 1.48 bits per heavy atom. The van der Waals surface area contributed by atoms with E-state index in [1.165, 1.54) is 0 Å². The number of fused-ring (bicyclic) bond motifs is 1. The summed E-state index contributed by atoms with van der Waals surface area (Å²) in [6, 6.07) is 7.03. The molecule has 0 spiro atoms. The van der Waals surface area contributed by atoms with Crippen LogP contribution in [0, 0.1) is 0 Å². The van der Waals surface area contributed by atoms with Gasteiger partial charge in [-0.3, -0.25) is 14.5 Å². The molecule has 0 saturated carbocycles. The van der Waals surface area contributed by atoms with Gasteiger partial charge < -0.3 is 11.1 Å². The molecule has 3 aromatic rings. The highest BCUT2D eigenvalue weighted by Gasteiger charge is 2.08. The summed E-state index contributed by atoms with van der Waals surface area (Å²) in [4.78, 5) is 19.2. The lowest BCUT2D eigenvalue weighted by Crippen LogP contribution is -2.25. The number of hydrogen-bond donors (Lipinski definition) is 3. The van der Waals surface area contributed by atoms with E-state index in [-0.39, 0.29) is 11.6 Å². The predicted octanol–water partition coefficient (Wildman–Crippen LogP) is 1.20. The number of benzene rings is 1. The largest absolute Gasteiger partial charge is 0.399 e. The van der Waals surface area contributed by atoms with E-state index < -0.39 is 0 Å². The molecule has 2 aromatic heterocycles. The number of rotatable bonds is 4. The summed E-state index contributed by atoms with van der Waals surface area (Å²) in [7, 11) is 0. The van der Waals surface area contributed by atoms with Crippen LogP contribution in [-0.4, -0.2) is 25.8 Å². The van der Waals surface area contributed by atoms with Crippen LogP contribution in [0.3, 0.4) is 0 Å². The van der Waals surface area contributed by atoms with E-state index in [0.29, 0.717) is 29.1 Å². The molecule has 108 valence electrons. The molecule has 3 rings (SSSR count). The Bertz CT molecular complexity index is 808. The van der Waals surface area contributed by atoms with E-state index in [4.69, 9.17) is 5.73 Å². The Labute approximate surface area is 120 Å². The highest BCUT2D eigenvalue weighted by atomic mass is 16.1. The smallest absolute Gasteiger partial charge is 0.260 e. The lowest BCUT2D eigenvalue weighted by Gasteiger charge is -2.14. The average molecular weight is 284 g/mol. The summed E-state index contributed by atoms with van der Waals surface area (Å²) in [6.07, 6.45) is 3.62. The first-order valence-corrected chi connectivity index (χ1v) is 6.65. The fourth-order valence-corrected chi connectivity index (χ4v) is 2.19. The van der Waals surface area contributed by atoms with E-state index >= 15 is 0 Å². The zero-order chi connectivity index (χ0) is 14.8. The summed E-state index contributed by atoms with van der Waals surface area (Å²) in [5.41, 5.74) is 6.63. The van der Waals surface area contributed by atoms with Crippen LogP contribution in [-0.2, 0) is 6.54 Å². The zero-order valence-electron chi connectivity index (χ0n) is 11.6. The Balaban J connectivity index is 1.84. The minimum atomic E-state index is -0.207. The quantitative estimate of drug-likeness (QED) is 0.625. The maximum atomic E-state index is 12.0. The maximum Gasteiger partial charge on any atom is 0.260 e. The standard InChI is InChI=1S/C14H16N6O/c1-9(8-20-6-2-5-16-20)17-14-18-12-4-3-10(15)7-11(12)13(21)19-14/h2-7,9H,8,15H2,1H3,(H2,17,18,19,21). The summed E-state index contributed by atoms with van der Waals surface area (Å²) in [6.45, 7) is 2.67. The van der Waals surface area contributed by atoms with Gasteiger partial charge in [0.15, 0.2) is 0 Å². The number of H-pyrrole nitrogens is 1. The molecular weight excluding hydrogens is 268 g/mol. The molecule has 2 heterocycles. The number of nitrogens with zero attached hydrogens (tertiary/aromatic N) is 3. The van der Waals surface area contributed by atoms with Gasteiger partial charge in [0.2, 0.25) is 5.95 Å². The second-order valence-corrected chi connectivity index (χ2v) is 4.96. The SMILES string of the molecule is CC(Cn1cccn1)Nc1nc2ccc(N)cc2c(=O)[nH]1. The molecule has 0 aliphatic rings. The van der Waals surface area contributed by atoms with Gasteiger partial charge in [-0.1, -0.05) is 0 Å². The summed E-state index contributed by atoms with van der Waals surface area (Å²) < 4.78 is 1.82. The lowest BCUT2D eigenvalue weighted by atomic mass is 10.2.